The molecule has 1 N–H and O–H groups in total. The molecule has 1 rings (SSSR count). The van der Waals surface area contributed by atoms with Crippen molar-refractivity contribution in [2.45, 2.75) is 33.6 Å². The highest BCUT2D eigenvalue weighted by molar-refractivity contribution is 5.46. The molecule has 0 aliphatic rings. The number of aromatic nitrogens is 1. The SMILES string of the molecule is CCCNc1cccc(N(C)CC(C)CC)n1. The predicted molar refractivity (Wildman–Crippen MR) is 75.7 cm³/mol. The first-order chi connectivity index (χ1) is 8.17. The van der Waals surface area contributed by atoms with Gasteiger partial charge in [-0.25, -0.2) is 4.98 Å². The summed E-state index contributed by atoms with van der Waals surface area (Å²) in [6, 6.07) is 6.16. The summed E-state index contributed by atoms with van der Waals surface area (Å²) < 4.78 is 0. The molecule has 0 radical (unpaired) electrons. The predicted octanol–water partition coefficient (Wildman–Crippen LogP) is 3.39. The highest BCUT2D eigenvalue weighted by atomic mass is 15.2. The molecular weight excluding hydrogens is 210 g/mol. The molecule has 0 saturated carbocycles. The molecule has 0 bridgehead atoms. The Bertz CT molecular complexity index is 325. The van der Waals surface area contributed by atoms with E-state index < -0.39 is 0 Å². The maximum absolute atomic E-state index is 4.61. The number of nitrogens with zero attached hydrogens (tertiary/aromatic N) is 2. The van der Waals surface area contributed by atoms with Crippen LogP contribution in [0.2, 0.25) is 0 Å². The summed E-state index contributed by atoms with van der Waals surface area (Å²) in [6.45, 7) is 8.69. The first-order valence-corrected chi connectivity index (χ1v) is 6.59. The number of hydrogen-bond acceptors (Lipinski definition) is 3. The summed E-state index contributed by atoms with van der Waals surface area (Å²) in [6.07, 6.45) is 2.33. The monoisotopic (exact) mass is 235 g/mol. The zero-order chi connectivity index (χ0) is 12.7. The second kappa shape index (κ2) is 7.15. The summed E-state index contributed by atoms with van der Waals surface area (Å²) in [5, 5.41) is 3.32. The maximum Gasteiger partial charge on any atom is 0.130 e. The van der Waals surface area contributed by atoms with Gasteiger partial charge in [-0.05, 0) is 24.5 Å². The van der Waals surface area contributed by atoms with E-state index >= 15 is 0 Å². The third kappa shape index (κ3) is 4.63. The molecule has 0 fully saturated rings. The van der Waals surface area contributed by atoms with Gasteiger partial charge in [0.15, 0.2) is 0 Å². The van der Waals surface area contributed by atoms with Crippen molar-refractivity contribution in [2.75, 3.05) is 30.4 Å². The molecule has 17 heavy (non-hydrogen) atoms. The van der Waals surface area contributed by atoms with Crippen LogP contribution in [0, 0.1) is 5.92 Å². The standard InChI is InChI=1S/C14H25N3/c1-5-10-15-13-8-7-9-14(16-13)17(4)11-12(3)6-2/h7-9,12H,5-6,10-11H2,1-4H3,(H,15,16). The van der Waals surface area contributed by atoms with Gasteiger partial charge in [-0.2, -0.15) is 0 Å². The molecule has 0 aliphatic carbocycles. The second-order valence-corrected chi connectivity index (χ2v) is 4.70. The molecule has 0 saturated heterocycles. The van der Waals surface area contributed by atoms with Gasteiger partial charge in [-0.15, -0.1) is 0 Å². The van der Waals surface area contributed by atoms with E-state index in [9.17, 15) is 0 Å². The Kier molecular flexibility index (Phi) is 5.81. The van der Waals surface area contributed by atoms with Crippen molar-refractivity contribution in [3.05, 3.63) is 18.2 Å². The van der Waals surface area contributed by atoms with Gasteiger partial charge >= 0.3 is 0 Å². The fraction of sp³-hybridized carbons (Fsp3) is 0.643. The highest BCUT2D eigenvalue weighted by Crippen LogP contribution is 2.15. The molecule has 1 atom stereocenters. The van der Waals surface area contributed by atoms with Crippen molar-refractivity contribution < 1.29 is 0 Å². The molecular formula is C14H25N3. The van der Waals surface area contributed by atoms with E-state index in [-0.39, 0.29) is 0 Å². The Morgan fingerprint density at radius 2 is 2.12 bits per heavy atom. The molecule has 1 heterocycles. The van der Waals surface area contributed by atoms with Gasteiger partial charge in [0.2, 0.25) is 0 Å². The van der Waals surface area contributed by atoms with Crippen LogP contribution in [0.15, 0.2) is 18.2 Å². The lowest BCUT2D eigenvalue weighted by atomic mass is 10.1. The van der Waals surface area contributed by atoms with Crippen molar-refractivity contribution in [1.82, 2.24) is 4.98 Å². The molecule has 1 aromatic heterocycles. The maximum atomic E-state index is 4.61. The minimum Gasteiger partial charge on any atom is -0.370 e. The normalized spacial score (nSPS) is 12.2. The van der Waals surface area contributed by atoms with Gasteiger partial charge in [0, 0.05) is 20.1 Å². The molecule has 0 aromatic carbocycles. The number of rotatable bonds is 7. The Labute approximate surface area is 105 Å². The van der Waals surface area contributed by atoms with E-state index in [4.69, 9.17) is 0 Å². The number of nitrogens with one attached hydrogen (secondary N) is 1. The van der Waals surface area contributed by atoms with Gasteiger partial charge in [0.1, 0.15) is 11.6 Å². The summed E-state index contributed by atoms with van der Waals surface area (Å²) in [4.78, 5) is 6.84. The quantitative estimate of drug-likeness (QED) is 0.785. The van der Waals surface area contributed by atoms with Crippen LogP contribution >= 0.6 is 0 Å². The lowest BCUT2D eigenvalue weighted by molar-refractivity contribution is 0.558. The van der Waals surface area contributed by atoms with Crippen LogP contribution in [0.4, 0.5) is 11.6 Å². The first kappa shape index (κ1) is 13.8. The van der Waals surface area contributed by atoms with Crippen LogP contribution in [0.5, 0.6) is 0 Å². The van der Waals surface area contributed by atoms with Crippen LogP contribution < -0.4 is 10.2 Å². The fourth-order valence-electron chi connectivity index (χ4n) is 1.68. The van der Waals surface area contributed by atoms with E-state index in [1.54, 1.807) is 0 Å². The molecule has 1 aromatic rings. The summed E-state index contributed by atoms with van der Waals surface area (Å²) in [5.41, 5.74) is 0. The van der Waals surface area contributed by atoms with E-state index in [2.05, 4.69) is 55.2 Å². The fourth-order valence-corrected chi connectivity index (χ4v) is 1.68. The largest absolute Gasteiger partial charge is 0.370 e. The van der Waals surface area contributed by atoms with Crippen LogP contribution in [0.1, 0.15) is 33.6 Å². The average molecular weight is 235 g/mol. The van der Waals surface area contributed by atoms with Crippen LogP contribution in [0.3, 0.4) is 0 Å². The Morgan fingerprint density at radius 1 is 1.35 bits per heavy atom. The van der Waals surface area contributed by atoms with Crippen LogP contribution in [0.25, 0.3) is 0 Å². The Morgan fingerprint density at radius 3 is 2.76 bits per heavy atom. The molecule has 0 spiro atoms. The van der Waals surface area contributed by atoms with Crippen molar-refractivity contribution >= 4 is 11.6 Å². The van der Waals surface area contributed by atoms with E-state index in [1.165, 1.54) is 6.42 Å². The van der Waals surface area contributed by atoms with Crippen molar-refractivity contribution in [1.29, 1.82) is 0 Å². The molecule has 96 valence electrons. The summed E-state index contributed by atoms with van der Waals surface area (Å²) in [7, 11) is 2.11. The summed E-state index contributed by atoms with van der Waals surface area (Å²) in [5.74, 6) is 2.72. The van der Waals surface area contributed by atoms with Crippen molar-refractivity contribution in [3.8, 4) is 0 Å². The summed E-state index contributed by atoms with van der Waals surface area (Å²) >= 11 is 0. The van der Waals surface area contributed by atoms with Gasteiger partial charge in [0.25, 0.3) is 0 Å². The topological polar surface area (TPSA) is 28.2 Å². The van der Waals surface area contributed by atoms with Crippen LogP contribution in [-0.4, -0.2) is 25.1 Å². The minimum absolute atomic E-state index is 0.703. The minimum atomic E-state index is 0.703. The van der Waals surface area contributed by atoms with E-state index in [1.807, 2.05) is 6.07 Å². The number of pyridine rings is 1. The molecule has 3 nitrogen and oxygen atoms in total. The van der Waals surface area contributed by atoms with E-state index in [0.29, 0.717) is 5.92 Å². The van der Waals surface area contributed by atoms with E-state index in [0.717, 1.165) is 31.1 Å². The third-order valence-electron chi connectivity index (χ3n) is 2.96. The van der Waals surface area contributed by atoms with Crippen molar-refractivity contribution in [3.63, 3.8) is 0 Å². The van der Waals surface area contributed by atoms with Gasteiger partial charge in [-0.1, -0.05) is 33.3 Å². The molecule has 0 amide bonds. The molecule has 1 unspecified atom stereocenters. The zero-order valence-electron chi connectivity index (χ0n) is 11.5. The Hall–Kier alpha value is -1.25. The zero-order valence-corrected chi connectivity index (χ0v) is 11.5. The van der Waals surface area contributed by atoms with Gasteiger partial charge in [-0.3, -0.25) is 0 Å². The van der Waals surface area contributed by atoms with Gasteiger partial charge in [0.05, 0.1) is 0 Å². The highest BCUT2D eigenvalue weighted by Gasteiger charge is 2.07. The van der Waals surface area contributed by atoms with Gasteiger partial charge < -0.3 is 10.2 Å². The molecule has 3 heteroatoms. The lowest BCUT2D eigenvalue weighted by Gasteiger charge is -2.22. The lowest BCUT2D eigenvalue weighted by Crippen LogP contribution is -2.24. The smallest absolute Gasteiger partial charge is 0.130 e. The third-order valence-corrected chi connectivity index (χ3v) is 2.96. The van der Waals surface area contributed by atoms with Crippen LogP contribution in [-0.2, 0) is 0 Å². The number of hydrogen-bond donors (Lipinski definition) is 1. The average Bonchev–Trinajstić information content (AvgIpc) is 2.36. The second-order valence-electron chi connectivity index (χ2n) is 4.70. The first-order valence-electron chi connectivity index (χ1n) is 6.59. The van der Waals surface area contributed by atoms with Crippen molar-refractivity contribution in [2.24, 2.45) is 5.92 Å². The Balaban J connectivity index is 2.63. The molecule has 0 aliphatic heterocycles. The number of anilines is 2.